The minimum absolute atomic E-state index is 0.215. The molecule has 1 rings (SSSR count). The summed E-state index contributed by atoms with van der Waals surface area (Å²) in [5.41, 5.74) is 0.800. The molecular formula is C14H20BrNOS. The van der Waals surface area contributed by atoms with Crippen LogP contribution in [0.2, 0.25) is 0 Å². The number of thioether (sulfide) groups is 1. The lowest BCUT2D eigenvalue weighted by atomic mass is 10.2. The topological polar surface area (TPSA) is 20.3 Å². The molecule has 0 heterocycles. The predicted octanol–water partition coefficient (Wildman–Crippen LogP) is 3.71. The lowest BCUT2D eigenvalue weighted by Crippen LogP contribution is -2.25. The van der Waals surface area contributed by atoms with E-state index in [1.54, 1.807) is 11.8 Å². The lowest BCUT2D eigenvalue weighted by molar-refractivity contribution is 0.102. The fourth-order valence-electron chi connectivity index (χ4n) is 1.62. The molecule has 0 aliphatic carbocycles. The van der Waals surface area contributed by atoms with E-state index in [-0.39, 0.29) is 5.78 Å². The molecule has 0 atom stereocenters. The Morgan fingerprint density at radius 3 is 2.39 bits per heavy atom. The highest BCUT2D eigenvalue weighted by Gasteiger charge is 2.06. The fraction of sp³-hybridized carbons (Fsp3) is 0.500. The second-order valence-electron chi connectivity index (χ2n) is 4.01. The first-order valence-electron chi connectivity index (χ1n) is 6.26. The van der Waals surface area contributed by atoms with E-state index >= 15 is 0 Å². The van der Waals surface area contributed by atoms with Crippen LogP contribution >= 0.6 is 27.7 Å². The summed E-state index contributed by atoms with van der Waals surface area (Å²) in [6, 6.07) is 7.57. The van der Waals surface area contributed by atoms with E-state index in [0.29, 0.717) is 5.75 Å². The number of hydrogen-bond acceptors (Lipinski definition) is 3. The summed E-state index contributed by atoms with van der Waals surface area (Å²) < 4.78 is 1.01. The molecule has 4 heteroatoms. The van der Waals surface area contributed by atoms with Crippen LogP contribution < -0.4 is 0 Å². The van der Waals surface area contributed by atoms with E-state index in [9.17, 15) is 4.79 Å². The van der Waals surface area contributed by atoms with Crippen LogP contribution in [0, 0.1) is 0 Å². The number of benzene rings is 1. The van der Waals surface area contributed by atoms with E-state index in [4.69, 9.17) is 0 Å². The van der Waals surface area contributed by atoms with Crippen LogP contribution in [0.4, 0.5) is 0 Å². The second kappa shape index (κ2) is 8.73. The molecule has 0 saturated carbocycles. The van der Waals surface area contributed by atoms with Crippen LogP contribution in [-0.4, -0.2) is 41.8 Å². The molecule has 0 aromatic heterocycles. The Kier molecular flexibility index (Phi) is 7.63. The van der Waals surface area contributed by atoms with Gasteiger partial charge in [0.25, 0.3) is 0 Å². The zero-order chi connectivity index (χ0) is 13.4. The van der Waals surface area contributed by atoms with Gasteiger partial charge in [-0.05, 0) is 25.2 Å². The van der Waals surface area contributed by atoms with Gasteiger partial charge in [0.05, 0.1) is 5.75 Å². The van der Waals surface area contributed by atoms with Crippen molar-refractivity contribution in [3.63, 3.8) is 0 Å². The molecule has 0 bridgehead atoms. The summed E-state index contributed by atoms with van der Waals surface area (Å²) in [6.45, 7) is 7.56. The Bertz CT molecular complexity index is 363. The molecule has 0 aliphatic heterocycles. The molecule has 0 spiro atoms. The Balaban J connectivity index is 2.27. The maximum Gasteiger partial charge on any atom is 0.172 e. The van der Waals surface area contributed by atoms with Crippen molar-refractivity contribution < 1.29 is 4.79 Å². The minimum Gasteiger partial charge on any atom is -0.303 e. The first-order valence-corrected chi connectivity index (χ1v) is 8.21. The van der Waals surface area contributed by atoms with E-state index in [1.807, 2.05) is 24.3 Å². The fourth-order valence-corrected chi connectivity index (χ4v) is 2.77. The van der Waals surface area contributed by atoms with Gasteiger partial charge in [-0.25, -0.2) is 0 Å². The highest BCUT2D eigenvalue weighted by molar-refractivity contribution is 9.10. The van der Waals surface area contributed by atoms with Gasteiger partial charge in [0.15, 0.2) is 5.78 Å². The Morgan fingerprint density at radius 2 is 1.83 bits per heavy atom. The maximum absolute atomic E-state index is 11.9. The van der Waals surface area contributed by atoms with E-state index in [2.05, 4.69) is 34.7 Å². The standard InChI is InChI=1S/C14H20BrNOS/c1-3-16(4-2)9-10-18-11-14(17)12-5-7-13(15)8-6-12/h5-8H,3-4,9-11H2,1-2H3. The average molecular weight is 330 g/mol. The van der Waals surface area contributed by atoms with Crippen molar-refractivity contribution in [2.24, 2.45) is 0 Å². The quantitative estimate of drug-likeness (QED) is 0.535. The van der Waals surface area contributed by atoms with Crippen LogP contribution in [-0.2, 0) is 0 Å². The SMILES string of the molecule is CCN(CC)CCSCC(=O)c1ccc(Br)cc1. The van der Waals surface area contributed by atoms with Gasteiger partial charge in [0, 0.05) is 22.3 Å². The van der Waals surface area contributed by atoms with Crippen molar-refractivity contribution in [3.8, 4) is 0 Å². The number of hydrogen-bond donors (Lipinski definition) is 0. The third-order valence-electron chi connectivity index (χ3n) is 2.85. The summed E-state index contributed by atoms with van der Waals surface area (Å²) in [7, 11) is 0. The van der Waals surface area contributed by atoms with Gasteiger partial charge in [-0.15, -0.1) is 0 Å². The second-order valence-corrected chi connectivity index (χ2v) is 6.03. The van der Waals surface area contributed by atoms with Crippen LogP contribution in [0.3, 0.4) is 0 Å². The molecule has 0 aliphatic rings. The summed E-state index contributed by atoms with van der Waals surface area (Å²) in [5.74, 6) is 1.80. The monoisotopic (exact) mass is 329 g/mol. The zero-order valence-corrected chi connectivity index (χ0v) is 13.4. The molecule has 0 saturated heterocycles. The number of ketones is 1. The van der Waals surface area contributed by atoms with Gasteiger partial charge in [-0.3, -0.25) is 4.79 Å². The van der Waals surface area contributed by atoms with Crippen molar-refractivity contribution in [3.05, 3.63) is 34.3 Å². The summed E-state index contributed by atoms with van der Waals surface area (Å²) >= 11 is 5.08. The predicted molar refractivity (Wildman–Crippen MR) is 83.6 cm³/mol. The van der Waals surface area contributed by atoms with Crippen LogP contribution in [0.1, 0.15) is 24.2 Å². The molecular weight excluding hydrogens is 310 g/mol. The first kappa shape index (κ1) is 15.7. The zero-order valence-electron chi connectivity index (χ0n) is 11.0. The Labute approximate surface area is 122 Å². The number of carbonyl (C=O) groups excluding carboxylic acids is 1. The molecule has 0 unspecified atom stereocenters. The molecule has 1 aromatic carbocycles. The smallest absolute Gasteiger partial charge is 0.172 e. The number of halogens is 1. The van der Waals surface area contributed by atoms with Gasteiger partial charge >= 0.3 is 0 Å². The van der Waals surface area contributed by atoms with E-state index < -0.39 is 0 Å². The third kappa shape index (κ3) is 5.55. The van der Waals surface area contributed by atoms with E-state index in [0.717, 1.165) is 35.4 Å². The highest BCUT2D eigenvalue weighted by Crippen LogP contribution is 2.13. The van der Waals surface area contributed by atoms with Gasteiger partial charge in [-0.2, -0.15) is 11.8 Å². The van der Waals surface area contributed by atoms with Crippen LogP contribution in [0.15, 0.2) is 28.7 Å². The van der Waals surface area contributed by atoms with Gasteiger partial charge < -0.3 is 4.90 Å². The summed E-state index contributed by atoms with van der Waals surface area (Å²) in [5, 5.41) is 0. The molecule has 0 radical (unpaired) electrons. The van der Waals surface area contributed by atoms with Gasteiger partial charge in [0.1, 0.15) is 0 Å². The van der Waals surface area contributed by atoms with Crippen molar-refractivity contribution in [1.82, 2.24) is 4.90 Å². The van der Waals surface area contributed by atoms with Gasteiger partial charge in [-0.1, -0.05) is 41.9 Å². The Morgan fingerprint density at radius 1 is 1.22 bits per heavy atom. The number of Topliss-reactive ketones (excluding diaryl/α,β-unsaturated/α-hetero) is 1. The molecule has 100 valence electrons. The molecule has 0 fully saturated rings. The van der Waals surface area contributed by atoms with E-state index in [1.165, 1.54) is 0 Å². The number of nitrogens with zero attached hydrogens (tertiary/aromatic N) is 1. The largest absolute Gasteiger partial charge is 0.303 e. The average Bonchev–Trinajstić information content (AvgIpc) is 2.39. The normalized spacial score (nSPS) is 10.9. The summed E-state index contributed by atoms with van der Waals surface area (Å²) in [6.07, 6.45) is 0. The van der Waals surface area contributed by atoms with Gasteiger partial charge in [0.2, 0.25) is 0 Å². The van der Waals surface area contributed by atoms with Crippen molar-refractivity contribution in [2.45, 2.75) is 13.8 Å². The molecule has 0 N–H and O–H groups in total. The first-order chi connectivity index (χ1) is 8.67. The third-order valence-corrected chi connectivity index (χ3v) is 4.31. The number of carbonyl (C=O) groups is 1. The van der Waals surface area contributed by atoms with Crippen LogP contribution in [0.25, 0.3) is 0 Å². The molecule has 18 heavy (non-hydrogen) atoms. The lowest BCUT2D eigenvalue weighted by Gasteiger charge is -2.17. The number of rotatable bonds is 8. The van der Waals surface area contributed by atoms with Crippen molar-refractivity contribution in [1.29, 1.82) is 0 Å². The minimum atomic E-state index is 0.215. The van der Waals surface area contributed by atoms with Crippen molar-refractivity contribution in [2.75, 3.05) is 31.1 Å². The maximum atomic E-state index is 11.9. The molecule has 1 aromatic rings. The molecule has 0 amide bonds. The van der Waals surface area contributed by atoms with Crippen molar-refractivity contribution >= 4 is 33.5 Å². The molecule has 2 nitrogen and oxygen atoms in total. The summed E-state index contributed by atoms with van der Waals surface area (Å²) in [4.78, 5) is 14.3. The van der Waals surface area contributed by atoms with Crippen LogP contribution in [0.5, 0.6) is 0 Å². The highest BCUT2D eigenvalue weighted by atomic mass is 79.9. The Hall–Kier alpha value is -0.320.